The molecule has 1 unspecified atom stereocenters. The maximum absolute atomic E-state index is 4.59. The second kappa shape index (κ2) is 6.08. The van der Waals surface area contributed by atoms with Crippen LogP contribution in [-0.4, -0.2) is 22.9 Å². The Morgan fingerprint density at radius 3 is 2.74 bits per heavy atom. The van der Waals surface area contributed by atoms with Gasteiger partial charge in [-0.05, 0) is 63.5 Å². The third-order valence-electron chi connectivity index (χ3n) is 4.39. The summed E-state index contributed by atoms with van der Waals surface area (Å²) in [7, 11) is 0. The van der Waals surface area contributed by atoms with E-state index in [-0.39, 0.29) is 0 Å². The average Bonchev–Trinajstić information content (AvgIpc) is 3.16. The Balaban J connectivity index is 2.06. The predicted octanol–water partition coefficient (Wildman–Crippen LogP) is 3.17. The topological polar surface area (TPSA) is 29.9 Å². The van der Waals surface area contributed by atoms with Crippen LogP contribution in [0.2, 0.25) is 0 Å². The third-order valence-corrected chi connectivity index (χ3v) is 4.39. The molecule has 1 aliphatic carbocycles. The Hall–Kier alpha value is -0.830. The van der Waals surface area contributed by atoms with Crippen LogP contribution in [0.15, 0.2) is 6.07 Å². The molecule has 3 nitrogen and oxygen atoms in total. The van der Waals surface area contributed by atoms with Gasteiger partial charge in [0.05, 0.1) is 5.69 Å². The fourth-order valence-electron chi connectivity index (χ4n) is 3.11. The van der Waals surface area contributed by atoms with Gasteiger partial charge < -0.3 is 5.32 Å². The van der Waals surface area contributed by atoms with Crippen LogP contribution < -0.4 is 5.32 Å². The van der Waals surface area contributed by atoms with Gasteiger partial charge in [-0.15, -0.1) is 0 Å². The summed E-state index contributed by atoms with van der Waals surface area (Å²) in [6.45, 7) is 12.2. The molecular formula is C16H29N3. The summed E-state index contributed by atoms with van der Waals surface area (Å²) in [4.78, 5) is 0. The molecule has 0 amide bonds. The molecule has 1 aromatic heterocycles. The Kier molecular flexibility index (Phi) is 4.67. The predicted molar refractivity (Wildman–Crippen MR) is 80.3 cm³/mol. The molecule has 3 heteroatoms. The van der Waals surface area contributed by atoms with Crippen LogP contribution in [0.4, 0.5) is 0 Å². The standard InChI is InChI=1S/C16H29N3/c1-5-9-17-12-16(4,14-7-8-14)11-15-10-13(3)18-19(15)6-2/h10,14,17H,5-9,11-12H2,1-4H3. The molecule has 2 rings (SSSR count). The van der Waals surface area contributed by atoms with Gasteiger partial charge in [0.15, 0.2) is 0 Å². The quantitative estimate of drug-likeness (QED) is 0.730. The van der Waals surface area contributed by atoms with Gasteiger partial charge >= 0.3 is 0 Å². The summed E-state index contributed by atoms with van der Waals surface area (Å²) in [6.07, 6.45) is 5.18. The first kappa shape index (κ1) is 14.6. The van der Waals surface area contributed by atoms with E-state index in [2.05, 4.69) is 48.9 Å². The monoisotopic (exact) mass is 263 g/mol. The van der Waals surface area contributed by atoms with Crippen LogP contribution >= 0.6 is 0 Å². The first-order valence-corrected chi connectivity index (χ1v) is 7.83. The van der Waals surface area contributed by atoms with E-state index in [4.69, 9.17) is 0 Å². The van der Waals surface area contributed by atoms with E-state index in [9.17, 15) is 0 Å². The number of aryl methyl sites for hydroxylation is 2. The molecule has 1 N–H and O–H groups in total. The minimum absolute atomic E-state index is 0.397. The van der Waals surface area contributed by atoms with Crippen molar-refractivity contribution in [2.75, 3.05) is 13.1 Å². The molecule has 19 heavy (non-hydrogen) atoms. The summed E-state index contributed by atoms with van der Waals surface area (Å²) < 4.78 is 2.18. The van der Waals surface area contributed by atoms with E-state index in [0.717, 1.165) is 37.7 Å². The highest BCUT2D eigenvalue weighted by Crippen LogP contribution is 2.47. The highest BCUT2D eigenvalue weighted by molar-refractivity contribution is 5.13. The van der Waals surface area contributed by atoms with Crippen molar-refractivity contribution in [1.29, 1.82) is 0 Å². The van der Waals surface area contributed by atoms with Gasteiger partial charge in [0.2, 0.25) is 0 Å². The zero-order chi connectivity index (χ0) is 13.9. The maximum Gasteiger partial charge on any atom is 0.0596 e. The summed E-state index contributed by atoms with van der Waals surface area (Å²) in [5.41, 5.74) is 2.96. The minimum Gasteiger partial charge on any atom is -0.316 e. The lowest BCUT2D eigenvalue weighted by molar-refractivity contribution is 0.250. The van der Waals surface area contributed by atoms with Crippen LogP contribution in [0.25, 0.3) is 0 Å². The molecule has 1 aromatic rings. The van der Waals surface area contributed by atoms with Crippen LogP contribution in [0.1, 0.15) is 51.4 Å². The van der Waals surface area contributed by atoms with Crippen molar-refractivity contribution in [2.24, 2.45) is 11.3 Å². The molecule has 1 saturated carbocycles. The van der Waals surface area contributed by atoms with Gasteiger partial charge in [-0.1, -0.05) is 13.8 Å². The summed E-state index contributed by atoms with van der Waals surface area (Å²) in [5.74, 6) is 0.900. The fourth-order valence-corrected chi connectivity index (χ4v) is 3.11. The lowest BCUT2D eigenvalue weighted by Crippen LogP contribution is -2.36. The first-order chi connectivity index (χ1) is 9.09. The Bertz CT molecular complexity index is 406. The molecule has 0 saturated heterocycles. The zero-order valence-corrected chi connectivity index (χ0v) is 13.0. The summed E-state index contributed by atoms with van der Waals surface area (Å²) >= 11 is 0. The van der Waals surface area contributed by atoms with Crippen molar-refractivity contribution in [1.82, 2.24) is 15.1 Å². The molecule has 1 atom stereocenters. The van der Waals surface area contributed by atoms with E-state index in [0.29, 0.717) is 5.41 Å². The summed E-state index contributed by atoms with van der Waals surface area (Å²) in [5, 5.41) is 8.22. The third kappa shape index (κ3) is 3.59. The molecule has 0 aliphatic heterocycles. The van der Waals surface area contributed by atoms with Crippen LogP contribution in [0, 0.1) is 18.3 Å². The largest absolute Gasteiger partial charge is 0.316 e. The second-order valence-corrected chi connectivity index (χ2v) is 6.37. The molecular weight excluding hydrogens is 234 g/mol. The number of hydrogen-bond donors (Lipinski definition) is 1. The Labute approximate surface area is 117 Å². The smallest absolute Gasteiger partial charge is 0.0596 e. The number of nitrogens with zero attached hydrogens (tertiary/aromatic N) is 2. The van der Waals surface area contributed by atoms with Crippen molar-refractivity contribution < 1.29 is 0 Å². The zero-order valence-electron chi connectivity index (χ0n) is 13.0. The van der Waals surface area contributed by atoms with E-state index in [1.807, 2.05) is 0 Å². The van der Waals surface area contributed by atoms with Crippen LogP contribution in [0.3, 0.4) is 0 Å². The fraction of sp³-hybridized carbons (Fsp3) is 0.812. The van der Waals surface area contributed by atoms with Crippen molar-refractivity contribution in [3.8, 4) is 0 Å². The Morgan fingerprint density at radius 2 is 2.16 bits per heavy atom. The minimum atomic E-state index is 0.397. The summed E-state index contributed by atoms with van der Waals surface area (Å²) in [6, 6.07) is 2.27. The number of hydrogen-bond acceptors (Lipinski definition) is 2. The average molecular weight is 263 g/mol. The second-order valence-electron chi connectivity index (χ2n) is 6.37. The molecule has 0 bridgehead atoms. The maximum atomic E-state index is 4.59. The van der Waals surface area contributed by atoms with Gasteiger partial charge in [-0.25, -0.2) is 0 Å². The molecule has 0 spiro atoms. The number of rotatable bonds is 8. The molecule has 1 fully saturated rings. The normalized spacial score (nSPS) is 18.5. The van der Waals surface area contributed by atoms with Crippen molar-refractivity contribution in [2.45, 2.75) is 59.9 Å². The van der Waals surface area contributed by atoms with Crippen molar-refractivity contribution in [3.05, 3.63) is 17.5 Å². The van der Waals surface area contributed by atoms with Gasteiger partial charge in [0.1, 0.15) is 0 Å². The van der Waals surface area contributed by atoms with Crippen molar-refractivity contribution in [3.63, 3.8) is 0 Å². The van der Waals surface area contributed by atoms with E-state index >= 15 is 0 Å². The number of nitrogens with one attached hydrogen (secondary N) is 1. The van der Waals surface area contributed by atoms with E-state index < -0.39 is 0 Å². The highest BCUT2D eigenvalue weighted by atomic mass is 15.3. The van der Waals surface area contributed by atoms with Gasteiger partial charge in [0, 0.05) is 18.8 Å². The van der Waals surface area contributed by atoms with Crippen molar-refractivity contribution >= 4 is 0 Å². The van der Waals surface area contributed by atoms with E-state index in [1.165, 1.54) is 25.0 Å². The molecule has 0 radical (unpaired) electrons. The number of aromatic nitrogens is 2. The lowest BCUT2D eigenvalue weighted by atomic mass is 9.80. The molecule has 108 valence electrons. The van der Waals surface area contributed by atoms with Gasteiger partial charge in [0.25, 0.3) is 0 Å². The highest BCUT2D eigenvalue weighted by Gasteiger charge is 2.41. The van der Waals surface area contributed by atoms with Crippen LogP contribution in [-0.2, 0) is 13.0 Å². The molecule has 1 heterocycles. The lowest BCUT2D eigenvalue weighted by Gasteiger charge is -2.30. The Morgan fingerprint density at radius 1 is 1.42 bits per heavy atom. The first-order valence-electron chi connectivity index (χ1n) is 7.83. The molecule has 1 aliphatic rings. The van der Waals surface area contributed by atoms with Gasteiger partial charge in [-0.3, -0.25) is 4.68 Å². The van der Waals surface area contributed by atoms with E-state index in [1.54, 1.807) is 0 Å². The molecule has 0 aromatic carbocycles. The van der Waals surface area contributed by atoms with Gasteiger partial charge in [-0.2, -0.15) is 5.10 Å². The van der Waals surface area contributed by atoms with Crippen LogP contribution in [0.5, 0.6) is 0 Å². The SMILES string of the molecule is CCCNCC(C)(Cc1cc(C)nn1CC)C1CC1.